The van der Waals surface area contributed by atoms with Crippen LogP contribution in [0.2, 0.25) is 36.3 Å². The summed E-state index contributed by atoms with van der Waals surface area (Å²) >= 11 is 0. The highest BCUT2D eigenvalue weighted by Crippen LogP contribution is 2.44. The van der Waals surface area contributed by atoms with Gasteiger partial charge in [-0.2, -0.15) is 0 Å². The topological polar surface area (TPSA) is 84.5 Å². The predicted molar refractivity (Wildman–Crippen MR) is 154 cm³/mol. The molecule has 0 aromatic heterocycles. The minimum atomic E-state index is -2.22. The Bertz CT molecular complexity index is 862. The van der Waals surface area contributed by atoms with Crippen molar-refractivity contribution in [1.82, 2.24) is 5.32 Å². The second kappa shape index (κ2) is 10.5. The zero-order chi connectivity index (χ0) is 29.1. The number of amides is 1. The second-order valence-electron chi connectivity index (χ2n) is 15.4. The molecule has 0 saturated carbocycles. The summed E-state index contributed by atoms with van der Waals surface area (Å²) in [5, 5.41) is 3.29. The van der Waals surface area contributed by atoms with Crippen molar-refractivity contribution in [2.45, 2.75) is 154 Å². The summed E-state index contributed by atoms with van der Waals surface area (Å²) in [5.74, 6) is -1.79. The normalized spacial score (nSPS) is 31.9. The molecule has 0 unspecified atom stereocenters. The van der Waals surface area contributed by atoms with Gasteiger partial charge in [-0.05, 0) is 70.4 Å². The fraction of sp³-hybridized carbons (Fsp3) is 0.964. The number of nitrogens with one attached hydrogen (secondary N) is 1. The summed E-state index contributed by atoms with van der Waals surface area (Å²) in [6.45, 7) is 30.8. The van der Waals surface area contributed by atoms with Crippen LogP contribution >= 0.6 is 0 Å². The Balaban J connectivity index is 1.92. The zero-order valence-corrected chi connectivity index (χ0v) is 28.4. The Kier molecular flexibility index (Phi) is 8.89. The minimum absolute atomic E-state index is 0.0106. The molecular weight excluding hydrogens is 518 g/mol. The molecule has 3 heterocycles. The fourth-order valence-corrected chi connectivity index (χ4v) is 7.55. The summed E-state index contributed by atoms with van der Waals surface area (Å²) in [7, 11) is -4.40. The Morgan fingerprint density at radius 2 is 1.18 bits per heavy atom. The number of ether oxygens (including phenoxy) is 4. The summed E-state index contributed by atoms with van der Waals surface area (Å²) < 4.78 is 38.5. The summed E-state index contributed by atoms with van der Waals surface area (Å²) in [5.41, 5.74) is 0. The van der Waals surface area contributed by atoms with Crippen LogP contribution in [0.25, 0.3) is 0 Å². The highest BCUT2D eigenvalue weighted by Gasteiger charge is 2.54. The lowest BCUT2D eigenvalue weighted by atomic mass is 9.92. The monoisotopic (exact) mass is 573 g/mol. The molecule has 3 fully saturated rings. The molecule has 0 spiro atoms. The first-order valence-corrected chi connectivity index (χ1v) is 20.1. The van der Waals surface area contributed by atoms with Gasteiger partial charge in [-0.1, -0.05) is 41.5 Å². The van der Waals surface area contributed by atoms with Gasteiger partial charge in [0.05, 0.1) is 37.4 Å². The van der Waals surface area contributed by atoms with Gasteiger partial charge in [0.2, 0.25) is 5.91 Å². The highest BCUT2D eigenvalue weighted by molar-refractivity contribution is 6.74. The first-order valence-electron chi connectivity index (χ1n) is 14.2. The number of hydrogen-bond acceptors (Lipinski definition) is 7. The summed E-state index contributed by atoms with van der Waals surface area (Å²) in [4.78, 5) is 13.7. The van der Waals surface area contributed by atoms with E-state index < -0.39 is 34.3 Å². The van der Waals surface area contributed by atoms with E-state index in [0.717, 1.165) is 0 Å². The minimum Gasteiger partial charge on any atom is -0.410 e. The van der Waals surface area contributed by atoms with Crippen LogP contribution in [0.15, 0.2) is 0 Å². The van der Waals surface area contributed by atoms with Crippen molar-refractivity contribution < 1.29 is 32.6 Å². The van der Waals surface area contributed by atoms with Crippen molar-refractivity contribution >= 4 is 22.5 Å². The lowest BCUT2D eigenvalue weighted by molar-refractivity contribution is -0.156. The Morgan fingerprint density at radius 1 is 0.789 bits per heavy atom. The quantitative estimate of drug-likeness (QED) is 0.380. The smallest absolute Gasteiger partial charge is 0.226 e. The largest absolute Gasteiger partial charge is 0.410 e. The van der Waals surface area contributed by atoms with Gasteiger partial charge in [-0.15, -0.1) is 0 Å². The lowest BCUT2D eigenvalue weighted by Gasteiger charge is -2.43. The standard InChI is InChI=1S/C28H55NO7Si2/c1-25(2,3)37(11,12)35-22(20-16-31-27(7,8)33-20)18-15-19(29-24(18)30)23(21-17-32-28(9,10)34-21)36-38(13,14)26(4,5)6/h18-23H,15-17H2,1-14H3,(H,29,30)/t18-,19+,20-,21+,22+,23-/m0/s1. The number of hydrogen-bond donors (Lipinski definition) is 1. The molecule has 6 atom stereocenters. The van der Waals surface area contributed by atoms with E-state index in [1.165, 1.54) is 0 Å². The number of rotatable bonds is 8. The van der Waals surface area contributed by atoms with E-state index >= 15 is 0 Å². The van der Waals surface area contributed by atoms with Crippen LogP contribution in [-0.2, 0) is 32.6 Å². The maximum atomic E-state index is 13.7. The molecule has 222 valence electrons. The first kappa shape index (κ1) is 32.2. The van der Waals surface area contributed by atoms with Gasteiger partial charge >= 0.3 is 0 Å². The van der Waals surface area contributed by atoms with Gasteiger partial charge < -0.3 is 33.1 Å². The fourth-order valence-electron chi connectivity index (χ4n) is 4.85. The molecule has 0 bridgehead atoms. The van der Waals surface area contributed by atoms with Crippen molar-refractivity contribution in [2.75, 3.05) is 13.2 Å². The van der Waals surface area contributed by atoms with Crippen molar-refractivity contribution in [1.29, 1.82) is 0 Å². The Labute approximate surface area is 233 Å². The van der Waals surface area contributed by atoms with Gasteiger partial charge in [0.1, 0.15) is 12.2 Å². The Hall–Kier alpha value is -0.336. The molecule has 0 aromatic rings. The molecule has 0 aromatic carbocycles. The average Bonchev–Trinajstić information content (AvgIpc) is 3.38. The molecule has 1 amide bonds. The first-order chi connectivity index (χ1) is 16.9. The van der Waals surface area contributed by atoms with Crippen molar-refractivity contribution in [3.63, 3.8) is 0 Å². The molecule has 3 aliphatic rings. The highest BCUT2D eigenvalue weighted by atomic mass is 28.4. The third kappa shape index (κ3) is 7.10. The van der Waals surface area contributed by atoms with Crippen molar-refractivity contribution in [3.8, 4) is 0 Å². The third-order valence-electron chi connectivity index (χ3n) is 9.23. The lowest BCUT2D eigenvalue weighted by Crippen LogP contribution is -2.54. The molecule has 3 rings (SSSR count). The molecule has 8 nitrogen and oxygen atoms in total. The predicted octanol–water partition coefficient (Wildman–Crippen LogP) is 5.57. The van der Waals surface area contributed by atoms with E-state index in [1.807, 2.05) is 27.7 Å². The van der Waals surface area contributed by atoms with Gasteiger partial charge in [-0.25, -0.2) is 0 Å². The van der Waals surface area contributed by atoms with E-state index in [1.54, 1.807) is 0 Å². The van der Waals surface area contributed by atoms with Crippen LogP contribution in [0.1, 0.15) is 75.7 Å². The second-order valence-corrected chi connectivity index (χ2v) is 24.9. The van der Waals surface area contributed by atoms with Crippen LogP contribution < -0.4 is 5.32 Å². The number of carbonyl (C=O) groups is 1. The molecule has 38 heavy (non-hydrogen) atoms. The maximum Gasteiger partial charge on any atom is 0.226 e. The Morgan fingerprint density at radius 3 is 1.55 bits per heavy atom. The molecule has 0 radical (unpaired) electrons. The SMILES string of the molecule is CC1(C)OC[C@@H]([C@H](O[Si](C)(C)C(C)(C)C)[C@@H]2C[C@H]([C@H](O[Si](C)(C)C(C)(C)C)[C@H]3COC(C)(C)O3)NC2=O)O1. The van der Waals surface area contributed by atoms with E-state index in [9.17, 15) is 4.79 Å². The molecule has 1 N–H and O–H groups in total. The molecule has 0 aliphatic carbocycles. The van der Waals surface area contributed by atoms with E-state index in [4.69, 9.17) is 27.8 Å². The number of carbonyl (C=O) groups excluding carboxylic acids is 1. The molecule has 3 saturated heterocycles. The van der Waals surface area contributed by atoms with Gasteiger partial charge in [0, 0.05) is 0 Å². The van der Waals surface area contributed by atoms with Crippen LogP contribution in [-0.4, -0.2) is 77.8 Å². The van der Waals surface area contributed by atoms with Crippen LogP contribution in [0, 0.1) is 5.92 Å². The van der Waals surface area contributed by atoms with E-state index in [0.29, 0.717) is 19.6 Å². The van der Waals surface area contributed by atoms with Crippen LogP contribution in [0.4, 0.5) is 0 Å². The van der Waals surface area contributed by atoms with E-state index in [2.05, 4.69) is 73.0 Å². The van der Waals surface area contributed by atoms with Crippen LogP contribution in [0.5, 0.6) is 0 Å². The van der Waals surface area contributed by atoms with Crippen molar-refractivity contribution in [2.24, 2.45) is 5.92 Å². The zero-order valence-electron chi connectivity index (χ0n) is 26.4. The molecule has 3 aliphatic heterocycles. The summed E-state index contributed by atoms with van der Waals surface area (Å²) in [6.07, 6.45) is -0.741. The van der Waals surface area contributed by atoms with Crippen molar-refractivity contribution in [3.05, 3.63) is 0 Å². The third-order valence-corrected chi connectivity index (χ3v) is 18.2. The van der Waals surface area contributed by atoms with Gasteiger partial charge in [0.25, 0.3) is 0 Å². The van der Waals surface area contributed by atoms with Crippen LogP contribution in [0.3, 0.4) is 0 Å². The average molecular weight is 574 g/mol. The van der Waals surface area contributed by atoms with E-state index in [-0.39, 0.29) is 46.3 Å². The molecule has 10 heteroatoms. The van der Waals surface area contributed by atoms with Gasteiger partial charge in [-0.3, -0.25) is 4.79 Å². The molecular formula is C28H55NO7Si2. The maximum absolute atomic E-state index is 13.7. The summed E-state index contributed by atoms with van der Waals surface area (Å²) in [6, 6.07) is -0.218. The van der Waals surface area contributed by atoms with Gasteiger partial charge in [0.15, 0.2) is 28.2 Å².